The van der Waals surface area contributed by atoms with Crippen molar-refractivity contribution in [3.63, 3.8) is 0 Å². The summed E-state index contributed by atoms with van der Waals surface area (Å²) in [7, 11) is 0. The number of amides is 3. The molecular weight excluding hydrogens is 588 g/mol. The van der Waals surface area contributed by atoms with Crippen LogP contribution < -0.4 is 21.3 Å². The molecule has 1 atom stereocenters. The van der Waals surface area contributed by atoms with Crippen LogP contribution in [-0.2, 0) is 16.6 Å². The van der Waals surface area contributed by atoms with Crippen LogP contribution in [0, 0.1) is 12.8 Å². The van der Waals surface area contributed by atoms with E-state index in [1.807, 2.05) is 79.7 Å². The van der Waals surface area contributed by atoms with Crippen molar-refractivity contribution in [1.29, 1.82) is 0 Å². The second-order valence-electron chi connectivity index (χ2n) is 13.9. The van der Waals surface area contributed by atoms with Gasteiger partial charge < -0.3 is 16.0 Å². The van der Waals surface area contributed by atoms with Crippen molar-refractivity contribution < 1.29 is 14.4 Å². The van der Waals surface area contributed by atoms with Crippen LogP contribution in [0.2, 0.25) is 0 Å². The molecule has 3 heterocycles. The van der Waals surface area contributed by atoms with Crippen molar-refractivity contribution in [3.05, 3.63) is 101 Å². The zero-order valence-electron chi connectivity index (χ0n) is 27.7. The summed E-state index contributed by atoms with van der Waals surface area (Å²) < 4.78 is 1.77. The Hall–Kier alpha value is -4.76. The van der Waals surface area contributed by atoms with Gasteiger partial charge in [0.05, 0.1) is 11.4 Å². The molecule has 0 aliphatic carbocycles. The molecule has 3 amide bonds. The maximum absolute atomic E-state index is 13.6. The summed E-state index contributed by atoms with van der Waals surface area (Å²) in [5.41, 5.74) is 6.95. The van der Waals surface area contributed by atoms with Crippen molar-refractivity contribution in [2.75, 3.05) is 29.0 Å². The van der Waals surface area contributed by atoms with E-state index in [2.05, 4.69) is 42.0 Å². The molecule has 9 nitrogen and oxygen atoms in total. The third-order valence-electron chi connectivity index (χ3n) is 9.28. The molecule has 1 aromatic heterocycles. The van der Waals surface area contributed by atoms with E-state index < -0.39 is 0 Å². The number of fused-ring (bicyclic) bond motifs is 1. The molecule has 9 heteroatoms. The number of anilines is 3. The number of Topliss-reactive ketones (excluding diaryl/α,β-unsaturated/α-hetero) is 1. The quantitative estimate of drug-likeness (QED) is 0.151. The minimum Gasteiger partial charge on any atom is -0.326 e. The van der Waals surface area contributed by atoms with Gasteiger partial charge in [0.15, 0.2) is 5.78 Å². The normalized spacial score (nSPS) is 15.8. The number of hydrogen-bond donors (Lipinski definition) is 4. The van der Waals surface area contributed by atoms with Gasteiger partial charge in [-0.1, -0.05) is 50.6 Å². The van der Waals surface area contributed by atoms with Gasteiger partial charge in [-0.25, -0.2) is 9.48 Å². The first-order chi connectivity index (χ1) is 22.5. The Bertz CT molecular complexity index is 1760. The highest BCUT2D eigenvalue weighted by Crippen LogP contribution is 2.36. The molecule has 0 spiro atoms. The van der Waals surface area contributed by atoms with Crippen molar-refractivity contribution in [3.8, 4) is 5.69 Å². The van der Waals surface area contributed by atoms with Gasteiger partial charge in [0.2, 0.25) is 5.91 Å². The lowest BCUT2D eigenvalue weighted by Crippen LogP contribution is -2.31. The van der Waals surface area contributed by atoms with Crippen LogP contribution in [0.3, 0.4) is 0 Å². The second-order valence-corrected chi connectivity index (χ2v) is 13.9. The van der Waals surface area contributed by atoms with Crippen molar-refractivity contribution in [1.82, 2.24) is 15.1 Å². The Kier molecular flexibility index (Phi) is 9.27. The molecule has 6 rings (SSSR count). The van der Waals surface area contributed by atoms with Crippen LogP contribution in [-0.4, -0.2) is 40.6 Å². The number of nitrogens with one attached hydrogen (secondary N) is 4. The largest absolute Gasteiger partial charge is 0.326 e. The lowest BCUT2D eigenvalue weighted by Gasteiger charge is -2.31. The number of aromatic nitrogens is 2. The molecule has 3 aromatic carbocycles. The molecule has 2 aliphatic rings. The monoisotopic (exact) mass is 632 g/mol. The number of ketones is 1. The molecule has 47 heavy (non-hydrogen) atoms. The molecule has 1 unspecified atom stereocenters. The van der Waals surface area contributed by atoms with Gasteiger partial charge >= 0.3 is 6.03 Å². The van der Waals surface area contributed by atoms with Gasteiger partial charge in [0.1, 0.15) is 5.82 Å². The molecule has 1 fully saturated rings. The van der Waals surface area contributed by atoms with E-state index in [0.29, 0.717) is 42.2 Å². The summed E-state index contributed by atoms with van der Waals surface area (Å²) in [5, 5.41) is 17.1. The summed E-state index contributed by atoms with van der Waals surface area (Å²) in [5.74, 6) is 1.14. The molecule has 0 saturated carbocycles. The number of rotatable bonds is 8. The number of piperidine rings is 1. The number of benzene rings is 3. The number of aryl methyl sites for hydroxylation is 2. The summed E-state index contributed by atoms with van der Waals surface area (Å²) in [4.78, 5) is 38.7. The average Bonchev–Trinajstić information content (AvgIpc) is 3.48. The fourth-order valence-electron chi connectivity index (χ4n) is 6.49. The van der Waals surface area contributed by atoms with E-state index >= 15 is 0 Å². The molecule has 0 radical (unpaired) electrons. The third kappa shape index (κ3) is 7.63. The maximum atomic E-state index is 13.6. The molecule has 244 valence electrons. The zero-order chi connectivity index (χ0) is 33.1. The number of carbonyl (C=O) groups is 3. The molecule has 0 bridgehead atoms. The lowest BCUT2D eigenvalue weighted by molar-refractivity contribution is -0.116. The van der Waals surface area contributed by atoms with Gasteiger partial charge in [0, 0.05) is 41.3 Å². The first-order valence-corrected chi connectivity index (χ1v) is 16.6. The number of carbonyl (C=O) groups excluding carboxylic acids is 3. The van der Waals surface area contributed by atoms with Crippen LogP contribution in [0.25, 0.3) is 5.69 Å². The fourth-order valence-corrected chi connectivity index (χ4v) is 6.49. The molecule has 4 N–H and O–H groups in total. The smallest absolute Gasteiger partial charge is 0.324 e. The summed E-state index contributed by atoms with van der Waals surface area (Å²) in [6.45, 7) is 10.2. The number of nitrogens with zero attached hydrogens (tertiary/aromatic N) is 2. The summed E-state index contributed by atoms with van der Waals surface area (Å²) in [6.07, 6.45) is 3.49. The number of urea groups is 1. The van der Waals surface area contributed by atoms with Crippen LogP contribution in [0.15, 0.2) is 72.8 Å². The summed E-state index contributed by atoms with van der Waals surface area (Å²) >= 11 is 0. The van der Waals surface area contributed by atoms with Gasteiger partial charge in [-0.15, -0.1) is 0 Å². The Morgan fingerprint density at radius 1 is 0.936 bits per heavy atom. The maximum Gasteiger partial charge on any atom is 0.324 e. The van der Waals surface area contributed by atoms with E-state index in [1.54, 1.807) is 4.68 Å². The number of hydrogen-bond acceptors (Lipinski definition) is 5. The van der Waals surface area contributed by atoms with Crippen LogP contribution in [0.5, 0.6) is 0 Å². The van der Waals surface area contributed by atoms with E-state index in [-0.39, 0.29) is 29.1 Å². The molecular formula is C38H44N6O3. The fraction of sp³-hybridized carbons (Fsp3) is 0.368. The van der Waals surface area contributed by atoms with Gasteiger partial charge in [-0.05, 0) is 105 Å². The molecule has 4 aromatic rings. The van der Waals surface area contributed by atoms with Gasteiger partial charge in [-0.2, -0.15) is 5.10 Å². The highest BCUT2D eigenvalue weighted by Gasteiger charge is 2.28. The van der Waals surface area contributed by atoms with E-state index in [1.165, 1.54) is 0 Å². The van der Waals surface area contributed by atoms with Crippen molar-refractivity contribution in [2.24, 2.45) is 5.92 Å². The highest BCUT2D eigenvalue weighted by atomic mass is 16.2. The Morgan fingerprint density at radius 2 is 1.66 bits per heavy atom. The average molecular weight is 633 g/mol. The lowest BCUT2D eigenvalue weighted by atomic mass is 9.77. The minimum absolute atomic E-state index is 0.0153. The molecule has 1 saturated heterocycles. The van der Waals surface area contributed by atoms with E-state index in [9.17, 15) is 14.4 Å². The topological polar surface area (TPSA) is 117 Å². The first-order valence-electron chi connectivity index (χ1n) is 16.6. The Balaban J connectivity index is 1.17. The molecule has 2 aliphatic heterocycles. The van der Waals surface area contributed by atoms with Gasteiger partial charge in [-0.3, -0.25) is 14.9 Å². The minimum atomic E-state index is -0.361. The Morgan fingerprint density at radius 3 is 2.36 bits per heavy atom. The Labute approximate surface area is 276 Å². The second kappa shape index (κ2) is 13.5. The van der Waals surface area contributed by atoms with Crippen molar-refractivity contribution in [2.45, 2.75) is 71.1 Å². The van der Waals surface area contributed by atoms with E-state index in [4.69, 9.17) is 5.10 Å². The zero-order valence-corrected chi connectivity index (χ0v) is 27.7. The van der Waals surface area contributed by atoms with Gasteiger partial charge in [0.25, 0.3) is 0 Å². The summed E-state index contributed by atoms with van der Waals surface area (Å²) in [6, 6.07) is 23.1. The van der Waals surface area contributed by atoms with Crippen molar-refractivity contribution >= 4 is 34.9 Å². The SMILES string of the molecule is Cc1ccc(-n2nc(C(C)(C)C)cc2NC(=O)Nc2ccc(C(CC(=O)c3ccc4c(c3)CCC(=O)N4)C3CCNCC3)cc2)cc1. The van der Waals surface area contributed by atoms with Crippen LogP contribution >= 0.6 is 0 Å². The third-order valence-corrected chi connectivity index (χ3v) is 9.28. The predicted molar refractivity (Wildman–Crippen MR) is 187 cm³/mol. The standard InChI is InChI=1S/C38H44N6O3/c1-24-5-13-30(14-6-24)44-35(23-34(43-44)38(2,3)4)42-37(47)40-29-11-7-25(8-12-29)31(26-17-19-39-20-18-26)22-33(45)28-9-15-32-27(21-28)10-16-36(46)41-32/h5-9,11-15,21,23,26,31,39H,10,16-20,22H2,1-4H3,(H,41,46)(H2,40,42,47). The predicted octanol–water partition coefficient (Wildman–Crippen LogP) is 7.36. The van der Waals surface area contributed by atoms with Crippen LogP contribution in [0.1, 0.15) is 85.1 Å². The first kappa shape index (κ1) is 32.2. The van der Waals surface area contributed by atoms with E-state index in [0.717, 1.165) is 59.7 Å². The highest BCUT2D eigenvalue weighted by molar-refractivity contribution is 6.00. The van der Waals surface area contributed by atoms with Crippen LogP contribution in [0.4, 0.5) is 22.0 Å².